The number of aryl methyl sites for hydroxylation is 1. The van der Waals surface area contributed by atoms with Crippen LogP contribution in [0.25, 0.3) is 11.0 Å². The lowest BCUT2D eigenvalue weighted by Gasteiger charge is -2.27. The Bertz CT molecular complexity index is 538. The van der Waals surface area contributed by atoms with E-state index in [2.05, 4.69) is 34.0 Å². The number of imidazole rings is 1. The smallest absolute Gasteiger partial charge is 0.203 e. The van der Waals surface area contributed by atoms with E-state index in [1.165, 1.54) is 5.52 Å². The number of hydrogen-bond acceptors (Lipinski definition) is 3. The molecule has 0 saturated heterocycles. The average molecular weight is 244 g/mol. The minimum Gasteiger partial charge on any atom is -0.353 e. The van der Waals surface area contributed by atoms with E-state index in [1.54, 1.807) is 0 Å². The van der Waals surface area contributed by atoms with Gasteiger partial charge in [-0.05, 0) is 37.8 Å². The van der Waals surface area contributed by atoms with E-state index in [0.717, 1.165) is 37.1 Å². The summed E-state index contributed by atoms with van der Waals surface area (Å²) in [5.74, 6) is 0.969. The first-order valence-electron chi connectivity index (χ1n) is 6.67. The van der Waals surface area contributed by atoms with Crippen molar-refractivity contribution in [3.05, 3.63) is 24.3 Å². The topological polar surface area (TPSA) is 55.9 Å². The van der Waals surface area contributed by atoms with Crippen LogP contribution in [0.15, 0.2) is 24.3 Å². The van der Waals surface area contributed by atoms with E-state index in [1.807, 2.05) is 12.1 Å². The number of nitrogens with two attached hydrogens (primary N) is 1. The molecular formula is C14H20N4. The Morgan fingerprint density at radius 1 is 1.22 bits per heavy atom. The lowest BCUT2D eigenvalue weighted by Crippen LogP contribution is -2.33. The van der Waals surface area contributed by atoms with Crippen LogP contribution < -0.4 is 11.1 Å². The van der Waals surface area contributed by atoms with Gasteiger partial charge in [0.05, 0.1) is 11.0 Å². The Morgan fingerprint density at radius 3 is 2.67 bits per heavy atom. The molecule has 0 aliphatic heterocycles. The quantitative estimate of drug-likeness (QED) is 0.852. The highest BCUT2D eigenvalue weighted by atomic mass is 15.2. The molecule has 1 saturated carbocycles. The van der Waals surface area contributed by atoms with Gasteiger partial charge in [-0.2, -0.15) is 0 Å². The standard InChI is InChI=1S/C14H20N4/c1-18-13-5-3-2-4-12(13)17-14(18)16-11-8-6-10(15)7-9-11/h2-5,10-11H,6-9,15H2,1H3,(H,16,17). The molecule has 3 N–H and O–H groups in total. The third kappa shape index (κ3) is 2.08. The number of nitrogens with zero attached hydrogens (tertiary/aromatic N) is 2. The summed E-state index contributed by atoms with van der Waals surface area (Å²) in [6.45, 7) is 0. The van der Waals surface area contributed by atoms with Crippen molar-refractivity contribution in [1.82, 2.24) is 9.55 Å². The maximum absolute atomic E-state index is 5.93. The summed E-state index contributed by atoms with van der Waals surface area (Å²) < 4.78 is 2.13. The molecule has 0 amide bonds. The van der Waals surface area contributed by atoms with Gasteiger partial charge in [0, 0.05) is 19.1 Å². The highest BCUT2D eigenvalue weighted by Crippen LogP contribution is 2.23. The minimum atomic E-state index is 0.392. The van der Waals surface area contributed by atoms with Crippen LogP contribution in [0.3, 0.4) is 0 Å². The maximum Gasteiger partial charge on any atom is 0.203 e. The average Bonchev–Trinajstić information content (AvgIpc) is 2.70. The van der Waals surface area contributed by atoms with E-state index >= 15 is 0 Å². The number of rotatable bonds is 2. The molecule has 1 heterocycles. The van der Waals surface area contributed by atoms with Gasteiger partial charge >= 0.3 is 0 Å². The van der Waals surface area contributed by atoms with Gasteiger partial charge in [0.1, 0.15) is 0 Å². The Labute approximate surface area is 107 Å². The van der Waals surface area contributed by atoms with Crippen molar-refractivity contribution in [2.75, 3.05) is 5.32 Å². The Balaban J connectivity index is 1.80. The number of hydrogen-bond donors (Lipinski definition) is 2. The van der Waals surface area contributed by atoms with Crippen LogP contribution in [0.1, 0.15) is 25.7 Å². The molecule has 3 rings (SSSR count). The van der Waals surface area contributed by atoms with Crippen molar-refractivity contribution in [2.45, 2.75) is 37.8 Å². The minimum absolute atomic E-state index is 0.392. The fourth-order valence-electron chi connectivity index (χ4n) is 2.72. The van der Waals surface area contributed by atoms with Gasteiger partial charge in [0.25, 0.3) is 0 Å². The van der Waals surface area contributed by atoms with Crippen LogP contribution in [-0.4, -0.2) is 21.6 Å². The summed E-state index contributed by atoms with van der Waals surface area (Å²) in [7, 11) is 2.06. The Kier molecular flexibility index (Phi) is 2.96. The number of nitrogens with one attached hydrogen (secondary N) is 1. The normalized spacial score (nSPS) is 24.3. The van der Waals surface area contributed by atoms with Crippen molar-refractivity contribution >= 4 is 17.0 Å². The molecule has 18 heavy (non-hydrogen) atoms. The molecule has 0 spiro atoms. The molecule has 0 radical (unpaired) electrons. The Hall–Kier alpha value is -1.55. The van der Waals surface area contributed by atoms with E-state index in [9.17, 15) is 0 Å². The zero-order valence-corrected chi connectivity index (χ0v) is 10.8. The number of fused-ring (bicyclic) bond motifs is 1. The molecule has 1 aromatic heterocycles. The van der Waals surface area contributed by atoms with Gasteiger partial charge < -0.3 is 15.6 Å². The van der Waals surface area contributed by atoms with Crippen LogP contribution in [0.2, 0.25) is 0 Å². The first-order chi connectivity index (χ1) is 8.74. The fourth-order valence-corrected chi connectivity index (χ4v) is 2.72. The summed E-state index contributed by atoms with van der Waals surface area (Å²) in [6, 6.07) is 9.14. The monoisotopic (exact) mass is 244 g/mol. The van der Waals surface area contributed by atoms with Gasteiger partial charge in [-0.15, -0.1) is 0 Å². The molecular weight excluding hydrogens is 224 g/mol. The summed E-state index contributed by atoms with van der Waals surface area (Å²) >= 11 is 0. The van der Waals surface area contributed by atoms with Crippen LogP contribution >= 0.6 is 0 Å². The van der Waals surface area contributed by atoms with Crippen molar-refractivity contribution in [2.24, 2.45) is 12.8 Å². The Morgan fingerprint density at radius 2 is 1.94 bits per heavy atom. The largest absolute Gasteiger partial charge is 0.353 e. The van der Waals surface area contributed by atoms with E-state index in [-0.39, 0.29) is 0 Å². The van der Waals surface area contributed by atoms with Crippen LogP contribution in [0.5, 0.6) is 0 Å². The van der Waals surface area contributed by atoms with E-state index < -0.39 is 0 Å². The molecule has 1 aromatic carbocycles. The number of aromatic nitrogens is 2. The van der Waals surface area contributed by atoms with Gasteiger partial charge in [0.2, 0.25) is 5.95 Å². The maximum atomic E-state index is 5.93. The summed E-state index contributed by atoms with van der Waals surface area (Å²) in [6.07, 6.45) is 4.51. The fraction of sp³-hybridized carbons (Fsp3) is 0.500. The number of para-hydroxylation sites is 2. The molecule has 0 bridgehead atoms. The first kappa shape index (κ1) is 11.5. The van der Waals surface area contributed by atoms with Crippen LogP contribution in [0.4, 0.5) is 5.95 Å². The SMILES string of the molecule is Cn1c(NC2CCC(N)CC2)nc2ccccc21. The van der Waals surface area contributed by atoms with Gasteiger partial charge in [-0.3, -0.25) is 0 Å². The third-order valence-electron chi connectivity index (χ3n) is 3.89. The number of benzene rings is 1. The number of anilines is 1. The second-order valence-electron chi connectivity index (χ2n) is 5.24. The molecule has 1 aliphatic carbocycles. The molecule has 0 atom stereocenters. The summed E-state index contributed by atoms with van der Waals surface area (Å²) in [4.78, 5) is 4.65. The van der Waals surface area contributed by atoms with E-state index in [4.69, 9.17) is 5.73 Å². The van der Waals surface area contributed by atoms with Gasteiger partial charge in [-0.1, -0.05) is 12.1 Å². The lowest BCUT2D eigenvalue weighted by atomic mass is 9.92. The van der Waals surface area contributed by atoms with Gasteiger partial charge in [0.15, 0.2) is 0 Å². The van der Waals surface area contributed by atoms with Crippen molar-refractivity contribution in [1.29, 1.82) is 0 Å². The zero-order chi connectivity index (χ0) is 12.5. The molecule has 4 heteroatoms. The molecule has 1 aliphatic rings. The van der Waals surface area contributed by atoms with Gasteiger partial charge in [-0.25, -0.2) is 4.98 Å². The summed E-state index contributed by atoms with van der Waals surface area (Å²) in [5.41, 5.74) is 8.16. The molecule has 0 unspecified atom stereocenters. The highest BCUT2D eigenvalue weighted by molar-refractivity contribution is 5.78. The second kappa shape index (κ2) is 4.61. The molecule has 2 aromatic rings. The lowest BCUT2D eigenvalue weighted by molar-refractivity contribution is 0.409. The van der Waals surface area contributed by atoms with E-state index in [0.29, 0.717) is 12.1 Å². The molecule has 1 fully saturated rings. The summed E-state index contributed by atoms with van der Waals surface area (Å²) in [5, 5.41) is 3.56. The predicted molar refractivity (Wildman–Crippen MR) is 74.6 cm³/mol. The predicted octanol–water partition coefficient (Wildman–Crippen LogP) is 2.26. The second-order valence-corrected chi connectivity index (χ2v) is 5.24. The molecule has 96 valence electrons. The first-order valence-corrected chi connectivity index (χ1v) is 6.67. The van der Waals surface area contributed by atoms with Crippen molar-refractivity contribution in [3.8, 4) is 0 Å². The third-order valence-corrected chi connectivity index (χ3v) is 3.89. The zero-order valence-electron chi connectivity index (χ0n) is 10.8. The van der Waals surface area contributed by atoms with Crippen LogP contribution in [-0.2, 0) is 7.05 Å². The van der Waals surface area contributed by atoms with Crippen molar-refractivity contribution < 1.29 is 0 Å². The van der Waals surface area contributed by atoms with Crippen LogP contribution in [0, 0.1) is 0 Å². The van der Waals surface area contributed by atoms with Crippen molar-refractivity contribution in [3.63, 3.8) is 0 Å². The highest BCUT2D eigenvalue weighted by Gasteiger charge is 2.19. The molecule has 4 nitrogen and oxygen atoms in total.